The second-order valence-corrected chi connectivity index (χ2v) is 44.5. The standard InChI is InChI=1S/CH2.2BrH.2Hg/h1H2;2*1H;;/q;;;2*+1/p-2. The van der Waals surface area contributed by atoms with Crippen LogP contribution in [0.1, 0.15) is 0 Å². The van der Waals surface area contributed by atoms with Gasteiger partial charge in [0.1, 0.15) is 0 Å². The van der Waals surface area contributed by atoms with Gasteiger partial charge in [-0.15, -0.1) is 0 Å². The van der Waals surface area contributed by atoms with E-state index >= 15 is 0 Å². The van der Waals surface area contributed by atoms with E-state index in [1.807, 2.05) is 0 Å². The molecule has 0 nitrogen and oxygen atoms in total. The van der Waals surface area contributed by atoms with E-state index in [0.717, 1.165) is 0 Å². The van der Waals surface area contributed by atoms with Gasteiger partial charge in [0.05, 0.1) is 0 Å². The first-order chi connectivity index (χ1) is 2.41. The van der Waals surface area contributed by atoms with Gasteiger partial charge < -0.3 is 0 Å². The van der Waals surface area contributed by atoms with Gasteiger partial charge in [-0.25, -0.2) is 0 Å². The Morgan fingerprint density at radius 3 is 1.60 bits per heavy atom. The quantitative estimate of drug-likeness (QED) is 0.444. The average molecular weight is 575 g/mol. The van der Waals surface area contributed by atoms with Crippen molar-refractivity contribution in [3.8, 4) is 0 Å². The van der Waals surface area contributed by atoms with E-state index in [9.17, 15) is 0 Å². The molecule has 24 valence electrons. The zero-order valence-electron chi connectivity index (χ0n) is 2.88. The molecular formula is CH2Br2Hg2. The third kappa shape index (κ3) is 6.83. The van der Waals surface area contributed by atoms with Crippen molar-refractivity contribution in [2.45, 2.75) is 1.44 Å². The summed E-state index contributed by atoms with van der Waals surface area (Å²) in [6.45, 7) is 0. The number of rotatable bonds is 2. The van der Waals surface area contributed by atoms with Crippen molar-refractivity contribution in [3.05, 3.63) is 0 Å². The van der Waals surface area contributed by atoms with Gasteiger partial charge in [0.15, 0.2) is 0 Å². The SMILES string of the molecule is [Br][Hg][CH2][Hg][Br]. The fourth-order valence-corrected chi connectivity index (χ4v) is 105. The predicted octanol–water partition coefficient (Wildman–Crippen LogP) is 2.15. The van der Waals surface area contributed by atoms with Crippen LogP contribution in [0.4, 0.5) is 0 Å². The Bertz CT molecular complexity index is 15.1. The third-order valence-corrected chi connectivity index (χ3v) is 107. The van der Waals surface area contributed by atoms with Crippen LogP contribution in [-0.2, 0) is 44.3 Å². The van der Waals surface area contributed by atoms with Crippen LogP contribution in [0.2, 0.25) is 1.44 Å². The van der Waals surface area contributed by atoms with Gasteiger partial charge in [-0.3, -0.25) is 0 Å². The Morgan fingerprint density at radius 2 is 1.60 bits per heavy atom. The van der Waals surface area contributed by atoms with Crippen LogP contribution in [-0.4, -0.2) is 0 Å². The molecular weight excluding hydrogens is 573 g/mol. The molecule has 0 N–H and O–H groups in total. The van der Waals surface area contributed by atoms with Gasteiger partial charge in [-0.2, -0.15) is 0 Å². The summed E-state index contributed by atoms with van der Waals surface area (Å²) in [5.41, 5.74) is 0. The molecule has 0 fully saturated rings. The molecule has 0 unspecified atom stereocenters. The topological polar surface area (TPSA) is 0 Å². The molecule has 0 saturated carbocycles. The fourth-order valence-electron chi connectivity index (χ4n) is 0.0505. The second-order valence-electron chi connectivity index (χ2n) is 0.732. The molecule has 0 aromatic heterocycles. The Balaban J connectivity index is 2.19. The number of hydrogen-bond acceptors (Lipinski definition) is 0. The van der Waals surface area contributed by atoms with Gasteiger partial charge in [-0.1, -0.05) is 0 Å². The van der Waals surface area contributed by atoms with E-state index in [0.29, 0.717) is 0 Å². The maximum atomic E-state index is 3.56. The van der Waals surface area contributed by atoms with Gasteiger partial charge in [0, 0.05) is 0 Å². The molecule has 0 atom stereocenters. The van der Waals surface area contributed by atoms with Crippen LogP contribution in [0.3, 0.4) is 0 Å². The molecule has 0 aliphatic carbocycles. The van der Waals surface area contributed by atoms with Crippen molar-refractivity contribution in [2.24, 2.45) is 0 Å². The molecule has 0 amide bonds. The minimum absolute atomic E-state index is 0.280. The zero-order valence-corrected chi connectivity index (χ0v) is 17.0. The van der Waals surface area contributed by atoms with Crippen molar-refractivity contribution >= 4 is 23.8 Å². The average Bonchev–Trinajstić information content (AvgIpc) is 1.41. The molecule has 0 bridgehead atoms. The minimum atomic E-state index is -0.280. The van der Waals surface area contributed by atoms with Gasteiger partial charge in [0.2, 0.25) is 0 Å². The molecule has 0 aliphatic heterocycles. The Labute approximate surface area is 67.8 Å². The molecule has 5 heavy (non-hydrogen) atoms. The summed E-state index contributed by atoms with van der Waals surface area (Å²) in [6, 6.07) is 0. The van der Waals surface area contributed by atoms with Crippen LogP contribution in [0.25, 0.3) is 0 Å². The van der Waals surface area contributed by atoms with E-state index in [-0.39, 0.29) is 44.3 Å². The summed E-state index contributed by atoms with van der Waals surface area (Å²) in [4.78, 5) is 0. The van der Waals surface area contributed by atoms with Crippen molar-refractivity contribution in [1.29, 1.82) is 0 Å². The van der Waals surface area contributed by atoms with Crippen LogP contribution < -0.4 is 0 Å². The monoisotopic (exact) mass is 576 g/mol. The first-order valence-electron chi connectivity index (χ1n) is 1.53. The van der Waals surface area contributed by atoms with Crippen molar-refractivity contribution in [3.63, 3.8) is 0 Å². The van der Waals surface area contributed by atoms with E-state index < -0.39 is 0 Å². The summed E-state index contributed by atoms with van der Waals surface area (Å²) >= 11 is 6.56. The molecule has 0 radical (unpaired) electrons. The van der Waals surface area contributed by atoms with E-state index in [4.69, 9.17) is 0 Å². The fraction of sp³-hybridized carbons (Fsp3) is 1.00. The Hall–Kier alpha value is 2.83. The van der Waals surface area contributed by atoms with Gasteiger partial charge in [0.25, 0.3) is 0 Å². The molecule has 0 heterocycles. The van der Waals surface area contributed by atoms with Gasteiger partial charge in [-0.05, 0) is 0 Å². The van der Waals surface area contributed by atoms with Crippen molar-refractivity contribution < 1.29 is 44.3 Å². The normalized spacial score (nSPS) is 5.20. The molecule has 4 heteroatoms. The molecule has 0 rings (SSSR count). The summed E-state index contributed by atoms with van der Waals surface area (Å²) in [5, 5.41) is 0. The Morgan fingerprint density at radius 1 is 1.20 bits per heavy atom. The summed E-state index contributed by atoms with van der Waals surface area (Å²) < 4.78 is 1.67. The second kappa shape index (κ2) is 6.83. The van der Waals surface area contributed by atoms with Gasteiger partial charge >= 0.3 is 69.5 Å². The zero-order chi connectivity index (χ0) is 4.12. The first kappa shape index (κ1) is 7.83. The number of hydrogen-bond donors (Lipinski definition) is 0. The molecule has 0 aromatic carbocycles. The first-order valence-corrected chi connectivity index (χ1v) is 33.1. The third-order valence-electron chi connectivity index (χ3n) is 0.267. The van der Waals surface area contributed by atoms with E-state index in [2.05, 4.69) is 23.8 Å². The molecule has 0 spiro atoms. The van der Waals surface area contributed by atoms with Crippen LogP contribution in [0.15, 0.2) is 0 Å². The maximum absolute atomic E-state index is 3.56. The summed E-state index contributed by atoms with van der Waals surface area (Å²) in [7, 11) is 0. The number of halogens is 2. The van der Waals surface area contributed by atoms with Crippen LogP contribution in [0.5, 0.6) is 0 Å². The van der Waals surface area contributed by atoms with E-state index in [1.165, 1.54) is 0 Å². The van der Waals surface area contributed by atoms with E-state index in [1.54, 1.807) is 1.44 Å². The predicted molar refractivity (Wildman–Crippen MR) is 22.7 cm³/mol. The summed E-state index contributed by atoms with van der Waals surface area (Å²) in [6.07, 6.45) is 0. The molecule has 0 saturated heterocycles. The summed E-state index contributed by atoms with van der Waals surface area (Å²) in [5.74, 6) is 0. The van der Waals surface area contributed by atoms with Crippen LogP contribution in [0, 0.1) is 0 Å². The van der Waals surface area contributed by atoms with Crippen molar-refractivity contribution in [2.75, 3.05) is 0 Å². The molecule has 0 aromatic rings. The Kier molecular flexibility index (Phi) is 10.7. The van der Waals surface area contributed by atoms with Crippen molar-refractivity contribution in [1.82, 2.24) is 0 Å². The molecule has 0 aliphatic rings. The van der Waals surface area contributed by atoms with Crippen LogP contribution >= 0.6 is 23.8 Å².